The molecule has 0 saturated heterocycles. The number of carbonyl (C=O) groups is 2. The molecule has 0 radical (unpaired) electrons. The van der Waals surface area contributed by atoms with E-state index in [4.69, 9.17) is 10.00 Å². The first-order valence-corrected chi connectivity index (χ1v) is 13.1. The number of nitrogens with one attached hydrogen (secondary N) is 1. The van der Waals surface area contributed by atoms with Gasteiger partial charge in [0.2, 0.25) is 0 Å². The monoisotopic (exact) mass is 571 g/mol. The summed E-state index contributed by atoms with van der Waals surface area (Å²) in [5, 5.41) is 15.7. The summed E-state index contributed by atoms with van der Waals surface area (Å²) >= 11 is 0. The van der Waals surface area contributed by atoms with Crippen LogP contribution >= 0.6 is 0 Å². The topological polar surface area (TPSA) is 109 Å². The van der Waals surface area contributed by atoms with Crippen molar-refractivity contribution in [2.45, 2.75) is 51.6 Å². The maximum Gasteiger partial charge on any atom is 0.522 e. The normalized spacial score (nSPS) is 17.4. The van der Waals surface area contributed by atoms with Crippen molar-refractivity contribution in [3.63, 3.8) is 0 Å². The summed E-state index contributed by atoms with van der Waals surface area (Å²) < 4.78 is 47.1. The highest BCUT2D eigenvalue weighted by atomic mass is 19.4. The number of amides is 1. The predicted molar refractivity (Wildman–Crippen MR) is 147 cm³/mol. The van der Waals surface area contributed by atoms with E-state index in [0.29, 0.717) is 49.2 Å². The predicted octanol–water partition coefficient (Wildman–Crippen LogP) is 5.77. The fourth-order valence-electron chi connectivity index (χ4n) is 4.56. The molecule has 0 bridgehead atoms. The molecule has 2 aromatic carbocycles. The van der Waals surface area contributed by atoms with E-state index in [-0.39, 0.29) is 23.1 Å². The van der Waals surface area contributed by atoms with Crippen LogP contribution < -0.4 is 15.0 Å². The van der Waals surface area contributed by atoms with Crippen molar-refractivity contribution in [1.29, 1.82) is 5.26 Å². The third-order valence-corrected chi connectivity index (χ3v) is 6.66. The smallest absolute Gasteiger partial charge is 0.495 e. The highest BCUT2D eigenvalue weighted by Crippen LogP contribution is 2.41. The number of aromatic nitrogens is 2. The molecule has 1 aliphatic carbocycles. The fourth-order valence-corrected chi connectivity index (χ4v) is 4.56. The average molecular weight is 572 g/mol. The summed E-state index contributed by atoms with van der Waals surface area (Å²) in [5.41, 5.74) is 3.58. The second kappa shape index (κ2) is 13.8. The quantitative estimate of drug-likeness (QED) is 0.374. The summed E-state index contributed by atoms with van der Waals surface area (Å²) in [6, 6.07) is 14.6. The van der Waals surface area contributed by atoms with Gasteiger partial charge < -0.3 is 15.0 Å². The number of fused-ring (bicyclic) bond motifs is 1. The van der Waals surface area contributed by atoms with Crippen LogP contribution in [0.2, 0.25) is 0 Å². The van der Waals surface area contributed by atoms with Crippen molar-refractivity contribution < 1.29 is 32.2 Å². The maximum absolute atomic E-state index is 12.7. The third kappa shape index (κ3) is 7.43. The van der Waals surface area contributed by atoms with Gasteiger partial charge in [0, 0.05) is 25.0 Å². The number of hydrogen-bond acceptors (Lipinski definition) is 7. The van der Waals surface area contributed by atoms with Gasteiger partial charge in [-0.05, 0) is 54.7 Å². The number of anilines is 2. The minimum absolute atomic E-state index is 0.0200. The lowest BCUT2D eigenvalue weighted by Gasteiger charge is -2.36. The van der Waals surface area contributed by atoms with Crippen LogP contribution in [0.3, 0.4) is 0 Å². The molecule has 1 aromatic heterocycles. The van der Waals surface area contributed by atoms with E-state index >= 15 is 0 Å². The van der Waals surface area contributed by atoms with Gasteiger partial charge in [0.15, 0.2) is 6.29 Å². The standard InChI is InChI=1S/C18H16F3N3O3.C9H10N2O.C2H6/c19-18(20,21)27-15-7-12(8-15)11-1-3-14(4-2-11)23-5-6-24-16(17(23)26)13(10-25)9-22-24;1-11-8-3-4-9(12-2)7(5-8)6-10;1-2/h1-4,9-10,12,15H,5-8H2;3-5,11H,1-2H3;1-2H3. The number of methoxy groups -OCH3 is 1. The SMILES string of the molecule is CC.CNc1ccc(OC)c(C#N)c1.O=Cc1cnn2c1C(=O)N(c1ccc(C3CC(OC(F)(F)F)C3)cc1)CC2. The van der Waals surface area contributed by atoms with Gasteiger partial charge in [-0.15, -0.1) is 13.2 Å². The van der Waals surface area contributed by atoms with E-state index in [1.807, 2.05) is 39.1 Å². The van der Waals surface area contributed by atoms with Crippen LogP contribution in [0.1, 0.15) is 64.6 Å². The Hall–Kier alpha value is -4.37. The Morgan fingerprint density at radius 2 is 1.80 bits per heavy atom. The Labute approximate surface area is 236 Å². The molecule has 9 nitrogen and oxygen atoms in total. The van der Waals surface area contributed by atoms with Crippen LogP contribution in [-0.2, 0) is 11.3 Å². The van der Waals surface area contributed by atoms with E-state index in [1.165, 1.54) is 10.9 Å². The Bertz CT molecular complexity index is 1380. The van der Waals surface area contributed by atoms with E-state index < -0.39 is 12.5 Å². The molecule has 0 spiro atoms. The number of halogens is 3. The lowest BCUT2D eigenvalue weighted by atomic mass is 9.77. The van der Waals surface area contributed by atoms with Gasteiger partial charge in [-0.2, -0.15) is 10.4 Å². The molecule has 1 aliphatic heterocycles. The zero-order valence-corrected chi connectivity index (χ0v) is 23.2. The molecule has 1 N–H and O–H groups in total. The van der Waals surface area contributed by atoms with Crippen LogP contribution in [0.25, 0.3) is 0 Å². The molecule has 5 rings (SSSR count). The number of carbonyl (C=O) groups excluding carboxylic acids is 2. The molecule has 2 aliphatic rings. The largest absolute Gasteiger partial charge is 0.522 e. The Kier molecular flexibility index (Phi) is 10.5. The van der Waals surface area contributed by atoms with E-state index in [9.17, 15) is 22.8 Å². The molecule has 1 amide bonds. The minimum atomic E-state index is -4.60. The number of benzene rings is 2. The van der Waals surface area contributed by atoms with Gasteiger partial charge in [-0.3, -0.25) is 19.0 Å². The second-order valence-corrected chi connectivity index (χ2v) is 8.97. The zero-order chi connectivity index (χ0) is 30.2. The summed E-state index contributed by atoms with van der Waals surface area (Å²) in [7, 11) is 3.36. The second-order valence-electron chi connectivity index (χ2n) is 8.97. The van der Waals surface area contributed by atoms with Gasteiger partial charge in [-0.25, -0.2) is 0 Å². The first-order chi connectivity index (χ1) is 19.7. The molecule has 1 saturated carbocycles. The van der Waals surface area contributed by atoms with Crippen molar-refractivity contribution in [2.75, 3.05) is 30.9 Å². The van der Waals surface area contributed by atoms with Crippen LogP contribution in [-0.4, -0.2) is 55.1 Å². The first-order valence-electron chi connectivity index (χ1n) is 13.1. The molecule has 0 atom stereocenters. The van der Waals surface area contributed by atoms with Gasteiger partial charge in [0.1, 0.15) is 17.5 Å². The number of nitriles is 1. The van der Waals surface area contributed by atoms with Gasteiger partial charge >= 0.3 is 6.36 Å². The van der Waals surface area contributed by atoms with Crippen molar-refractivity contribution in [3.05, 3.63) is 71.0 Å². The van der Waals surface area contributed by atoms with E-state index in [2.05, 4.69) is 21.2 Å². The highest BCUT2D eigenvalue weighted by Gasteiger charge is 2.40. The molecular formula is C29H32F3N5O4. The number of ether oxygens (including phenoxy) is 2. The van der Waals surface area contributed by atoms with E-state index in [1.54, 1.807) is 36.3 Å². The molecule has 218 valence electrons. The van der Waals surface area contributed by atoms with Crippen molar-refractivity contribution in [2.24, 2.45) is 0 Å². The van der Waals surface area contributed by atoms with E-state index in [0.717, 1.165) is 11.3 Å². The molecule has 41 heavy (non-hydrogen) atoms. The number of alkyl halides is 3. The van der Waals surface area contributed by atoms with Crippen LogP contribution in [0.15, 0.2) is 48.7 Å². The lowest BCUT2D eigenvalue weighted by molar-refractivity contribution is -0.351. The Morgan fingerprint density at radius 1 is 1.12 bits per heavy atom. The molecule has 0 unspecified atom stereocenters. The lowest BCUT2D eigenvalue weighted by Crippen LogP contribution is -2.41. The van der Waals surface area contributed by atoms with Gasteiger partial charge in [0.25, 0.3) is 5.91 Å². The average Bonchev–Trinajstić information content (AvgIpc) is 3.40. The van der Waals surface area contributed by atoms with Gasteiger partial charge in [0.05, 0.1) is 37.1 Å². The minimum Gasteiger partial charge on any atom is -0.495 e. The molecule has 1 fully saturated rings. The van der Waals surface area contributed by atoms with Crippen molar-refractivity contribution >= 4 is 23.6 Å². The van der Waals surface area contributed by atoms with Crippen molar-refractivity contribution in [1.82, 2.24) is 9.78 Å². The Balaban J connectivity index is 0.000000278. The number of nitrogens with zero attached hydrogens (tertiary/aromatic N) is 4. The summed E-state index contributed by atoms with van der Waals surface area (Å²) in [6.45, 7) is 4.91. The molecule has 3 aromatic rings. The highest BCUT2D eigenvalue weighted by molar-refractivity contribution is 6.09. The third-order valence-electron chi connectivity index (χ3n) is 6.66. The number of hydrogen-bond donors (Lipinski definition) is 1. The van der Waals surface area contributed by atoms with Crippen LogP contribution in [0.4, 0.5) is 24.5 Å². The summed E-state index contributed by atoms with van der Waals surface area (Å²) in [5.74, 6) is 0.332. The zero-order valence-electron chi connectivity index (χ0n) is 23.2. The van der Waals surface area contributed by atoms with Crippen molar-refractivity contribution in [3.8, 4) is 11.8 Å². The molecular weight excluding hydrogens is 539 g/mol. The number of rotatable bonds is 6. The summed E-state index contributed by atoms with van der Waals surface area (Å²) in [4.78, 5) is 25.4. The maximum atomic E-state index is 12.7. The fraction of sp³-hybridized carbons (Fsp3) is 0.379. The first kappa shape index (κ1) is 31.2. The van der Waals surface area contributed by atoms with Crippen LogP contribution in [0, 0.1) is 11.3 Å². The Morgan fingerprint density at radius 3 is 2.37 bits per heavy atom. The van der Waals surface area contributed by atoms with Gasteiger partial charge in [-0.1, -0.05) is 26.0 Å². The molecule has 12 heteroatoms. The van der Waals surface area contributed by atoms with Crippen LogP contribution in [0.5, 0.6) is 5.75 Å². The summed E-state index contributed by atoms with van der Waals surface area (Å²) in [6.07, 6.45) is -2.75. The molecule has 2 heterocycles. The number of aldehydes is 1.